The van der Waals surface area contributed by atoms with Crippen molar-refractivity contribution in [3.63, 3.8) is 0 Å². The van der Waals surface area contributed by atoms with E-state index < -0.39 is 20.0 Å². The molecule has 192 valence electrons. The first kappa shape index (κ1) is 26.8. The minimum absolute atomic E-state index is 0.0480. The Labute approximate surface area is 221 Å². The SMILES string of the molecule is NN(c1ccc(S(=O)(=O)NCc2ccccc2Cl)cc1)c1cccc(S(=O)(=O)NCc2ccccc2)c1. The second kappa shape index (κ2) is 11.4. The van der Waals surface area contributed by atoms with Crippen LogP contribution in [0.4, 0.5) is 11.4 Å². The number of hydrazine groups is 1. The Hall–Kier alpha value is -3.25. The van der Waals surface area contributed by atoms with Crippen LogP contribution in [-0.4, -0.2) is 16.8 Å². The van der Waals surface area contributed by atoms with Crippen molar-refractivity contribution >= 4 is 43.0 Å². The lowest BCUT2D eigenvalue weighted by Gasteiger charge is -2.20. The summed E-state index contributed by atoms with van der Waals surface area (Å²) in [5.41, 5.74) is 2.37. The molecule has 4 rings (SSSR count). The number of rotatable bonds is 10. The molecule has 4 N–H and O–H groups in total. The largest absolute Gasteiger partial charge is 0.280 e. The fraction of sp³-hybridized carbons (Fsp3) is 0.0769. The van der Waals surface area contributed by atoms with Crippen LogP contribution in [0.25, 0.3) is 0 Å². The number of anilines is 2. The Balaban J connectivity index is 1.46. The van der Waals surface area contributed by atoms with E-state index in [0.717, 1.165) is 5.56 Å². The molecule has 0 unspecified atom stereocenters. The second-order valence-electron chi connectivity index (χ2n) is 8.09. The summed E-state index contributed by atoms with van der Waals surface area (Å²) in [4.78, 5) is 0.109. The molecule has 11 heteroatoms. The number of nitrogens with one attached hydrogen (secondary N) is 2. The monoisotopic (exact) mass is 556 g/mol. The van der Waals surface area contributed by atoms with Crippen LogP contribution in [0.3, 0.4) is 0 Å². The lowest BCUT2D eigenvalue weighted by molar-refractivity contribution is 0.579. The highest BCUT2D eigenvalue weighted by Crippen LogP contribution is 2.26. The van der Waals surface area contributed by atoms with Gasteiger partial charge in [-0.05, 0) is 59.7 Å². The minimum atomic E-state index is -3.79. The summed E-state index contributed by atoms with van der Waals surface area (Å²) in [7, 11) is -7.58. The van der Waals surface area contributed by atoms with Crippen LogP contribution in [0.15, 0.2) is 113 Å². The molecule has 0 saturated heterocycles. The van der Waals surface area contributed by atoms with Gasteiger partial charge in [-0.15, -0.1) is 0 Å². The van der Waals surface area contributed by atoms with E-state index in [9.17, 15) is 16.8 Å². The average molecular weight is 557 g/mol. The molecule has 4 aromatic carbocycles. The predicted octanol–water partition coefficient (Wildman–Crippen LogP) is 4.31. The highest BCUT2D eigenvalue weighted by Gasteiger charge is 2.18. The molecule has 0 fully saturated rings. The van der Waals surface area contributed by atoms with Gasteiger partial charge in [0.15, 0.2) is 0 Å². The Bertz CT molecular complexity index is 1580. The van der Waals surface area contributed by atoms with Gasteiger partial charge >= 0.3 is 0 Å². The number of halogens is 1. The molecule has 0 spiro atoms. The molecule has 0 aliphatic carbocycles. The molecule has 0 bridgehead atoms. The molecule has 0 atom stereocenters. The number of hydrogen-bond donors (Lipinski definition) is 3. The molecular weight excluding hydrogens is 532 g/mol. The molecule has 0 radical (unpaired) electrons. The molecule has 37 heavy (non-hydrogen) atoms. The molecule has 0 heterocycles. The van der Waals surface area contributed by atoms with Gasteiger partial charge < -0.3 is 0 Å². The summed E-state index contributed by atoms with van der Waals surface area (Å²) in [6.07, 6.45) is 0. The lowest BCUT2D eigenvalue weighted by atomic mass is 10.2. The van der Waals surface area contributed by atoms with Crippen LogP contribution in [-0.2, 0) is 33.1 Å². The number of hydrogen-bond acceptors (Lipinski definition) is 6. The fourth-order valence-electron chi connectivity index (χ4n) is 3.49. The van der Waals surface area contributed by atoms with Gasteiger partial charge in [-0.25, -0.2) is 32.1 Å². The Morgan fingerprint density at radius 2 is 1.27 bits per heavy atom. The average Bonchev–Trinajstić information content (AvgIpc) is 2.92. The Morgan fingerprint density at radius 3 is 1.97 bits per heavy atom. The third kappa shape index (κ3) is 6.75. The van der Waals surface area contributed by atoms with Crippen molar-refractivity contribution < 1.29 is 16.8 Å². The summed E-state index contributed by atoms with van der Waals surface area (Å²) in [5, 5.41) is 1.75. The van der Waals surface area contributed by atoms with Crippen molar-refractivity contribution in [2.45, 2.75) is 22.9 Å². The first-order valence-electron chi connectivity index (χ1n) is 11.2. The quantitative estimate of drug-likeness (QED) is 0.198. The van der Waals surface area contributed by atoms with Gasteiger partial charge in [0.1, 0.15) is 0 Å². The lowest BCUT2D eigenvalue weighted by Crippen LogP contribution is -2.27. The summed E-state index contributed by atoms with van der Waals surface area (Å²) in [5.74, 6) is 6.24. The van der Waals surface area contributed by atoms with E-state index in [1.54, 1.807) is 48.5 Å². The molecule has 0 amide bonds. The minimum Gasteiger partial charge on any atom is -0.280 e. The van der Waals surface area contributed by atoms with E-state index in [0.29, 0.717) is 22.0 Å². The van der Waals surface area contributed by atoms with E-state index in [1.165, 1.54) is 29.3 Å². The van der Waals surface area contributed by atoms with Crippen molar-refractivity contribution in [3.05, 3.63) is 119 Å². The number of nitrogens with zero attached hydrogens (tertiary/aromatic N) is 1. The first-order chi connectivity index (χ1) is 17.7. The molecule has 0 aliphatic heterocycles. The third-order valence-corrected chi connectivity index (χ3v) is 8.74. The van der Waals surface area contributed by atoms with Gasteiger partial charge in [0.05, 0.1) is 21.2 Å². The summed E-state index contributed by atoms with van der Waals surface area (Å²) in [6, 6.07) is 28.3. The smallest absolute Gasteiger partial charge is 0.240 e. The first-order valence-corrected chi connectivity index (χ1v) is 14.5. The van der Waals surface area contributed by atoms with Crippen molar-refractivity contribution in [2.24, 2.45) is 5.84 Å². The van der Waals surface area contributed by atoms with Gasteiger partial charge in [-0.2, -0.15) is 0 Å². The van der Waals surface area contributed by atoms with E-state index in [4.69, 9.17) is 17.4 Å². The number of nitrogens with two attached hydrogens (primary N) is 1. The molecule has 4 aromatic rings. The van der Waals surface area contributed by atoms with Gasteiger partial charge in [-0.1, -0.05) is 66.2 Å². The summed E-state index contributed by atoms with van der Waals surface area (Å²) < 4.78 is 56.1. The predicted molar refractivity (Wildman–Crippen MR) is 145 cm³/mol. The van der Waals surface area contributed by atoms with Gasteiger partial charge in [0, 0.05) is 18.1 Å². The van der Waals surface area contributed by atoms with E-state index in [1.807, 2.05) is 30.3 Å². The van der Waals surface area contributed by atoms with Gasteiger partial charge in [-0.3, -0.25) is 5.01 Å². The number of benzene rings is 4. The van der Waals surface area contributed by atoms with Crippen LogP contribution >= 0.6 is 11.6 Å². The van der Waals surface area contributed by atoms with Crippen LogP contribution < -0.4 is 20.3 Å². The summed E-state index contributed by atoms with van der Waals surface area (Å²) >= 11 is 6.10. The molecule has 0 aliphatic rings. The zero-order valence-electron chi connectivity index (χ0n) is 19.6. The Kier molecular flexibility index (Phi) is 8.28. The highest BCUT2D eigenvalue weighted by atomic mass is 35.5. The van der Waals surface area contributed by atoms with Crippen LogP contribution in [0, 0.1) is 0 Å². The maximum Gasteiger partial charge on any atom is 0.240 e. The second-order valence-corrected chi connectivity index (χ2v) is 12.0. The van der Waals surface area contributed by atoms with Crippen molar-refractivity contribution in [1.82, 2.24) is 9.44 Å². The van der Waals surface area contributed by atoms with Gasteiger partial charge in [0.25, 0.3) is 0 Å². The van der Waals surface area contributed by atoms with E-state index in [-0.39, 0.29) is 22.9 Å². The van der Waals surface area contributed by atoms with Crippen LogP contribution in [0.2, 0.25) is 5.02 Å². The molecular formula is C26H25ClN4O4S2. The van der Waals surface area contributed by atoms with Crippen molar-refractivity contribution in [2.75, 3.05) is 5.01 Å². The topological polar surface area (TPSA) is 122 Å². The zero-order valence-corrected chi connectivity index (χ0v) is 22.0. The van der Waals surface area contributed by atoms with Gasteiger partial charge in [0.2, 0.25) is 20.0 Å². The summed E-state index contributed by atoms with van der Waals surface area (Å²) in [6.45, 7) is 0.201. The molecule has 0 aromatic heterocycles. The normalized spacial score (nSPS) is 11.8. The van der Waals surface area contributed by atoms with Crippen molar-refractivity contribution in [3.8, 4) is 0 Å². The molecule has 8 nitrogen and oxygen atoms in total. The Morgan fingerprint density at radius 1 is 0.649 bits per heavy atom. The zero-order chi connectivity index (χ0) is 26.5. The van der Waals surface area contributed by atoms with Crippen LogP contribution in [0.1, 0.15) is 11.1 Å². The van der Waals surface area contributed by atoms with E-state index >= 15 is 0 Å². The molecule has 0 saturated carbocycles. The van der Waals surface area contributed by atoms with E-state index in [2.05, 4.69) is 9.44 Å². The highest BCUT2D eigenvalue weighted by molar-refractivity contribution is 7.89. The fourth-order valence-corrected chi connectivity index (χ4v) is 5.76. The van der Waals surface area contributed by atoms with Crippen molar-refractivity contribution in [1.29, 1.82) is 0 Å². The standard InChI is InChI=1S/C26H25ClN4O4S2/c27-26-12-5-4-9-21(26)19-30-36(32,33)24-15-13-22(14-16-24)31(28)23-10-6-11-25(17-23)37(34,35)29-18-20-7-2-1-3-8-20/h1-17,29-30H,18-19,28H2. The van der Waals surface area contributed by atoms with Crippen LogP contribution in [0.5, 0.6) is 0 Å². The maximum atomic E-state index is 12.8. The third-order valence-electron chi connectivity index (χ3n) is 5.55. The maximum absolute atomic E-state index is 12.8. The number of sulfonamides is 2.